The van der Waals surface area contributed by atoms with Gasteiger partial charge in [-0.05, 0) is 35.0 Å². The van der Waals surface area contributed by atoms with Crippen molar-refractivity contribution in [3.8, 4) is 5.75 Å². The number of furan rings is 1. The van der Waals surface area contributed by atoms with Crippen LogP contribution in [-0.2, 0) is 0 Å². The van der Waals surface area contributed by atoms with Crippen LogP contribution in [0.2, 0.25) is 10.0 Å². The average Bonchev–Trinajstić information content (AvgIpc) is 2.79. The summed E-state index contributed by atoms with van der Waals surface area (Å²) in [6.45, 7) is 2.31. The highest BCUT2D eigenvalue weighted by atomic mass is 79.9. The quantitative estimate of drug-likeness (QED) is 0.719. The Morgan fingerprint density at radius 2 is 2.05 bits per heavy atom. The largest absolute Gasteiger partial charge is 0.492 e. The van der Waals surface area contributed by atoms with Crippen molar-refractivity contribution in [2.24, 2.45) is 0 Å². The first kappa shape index (κ1) is 14.4. The Bertz CT molecular complexity index is 622. The molecule has 0 radical (unpaired) electrons. The number of carbonyl (C=O) groups is 1. The number of ketones is 1. The lowest BCUT2D eigenvalue weighted by Gasteiger charge is -2.09. The molecule has 0 unspecified atom stereocenters. The highest BCUT2D eigenvalue weighted by molar-refractivity contribution is 9.10. The van der Waals surface area contributed by atoms with Crippen molar-refractivity contribution in [3.63, 3.8) is 0 Å². The average molecular weight is 364 g/mol. The number of hydrogen-bond acceptors (Lipinski definition) is 3. The second kappa shape index (κ2) is 5.99. The van der Waals surface area contributed by atoms with Gasteiger partial charge in [0, 0.05) is 11.6 Å². The summed E-state index contributed by atoms with van der Waals surface area (Å²) in [7, 11) is 0. The molecule has 0 spiro atoms. The van der Waals surface area contributed by atoms with Crippen molar-refractivity contribution in [3.05, 3.63) is 50.3 Å². The van der Waals surface area contributed by atoms with Gasteiger partial charge in [-0.2, -0.15) is 0 Å². The van der Waals surface area contributed by atoms with E-state index in [-0.39, 0.29) is 10.8 Å². The third kappa shape index (κ3) is 2.96. The molecular formula is C13H9BrCl2O3. The van der Waals surface area contributed by atoms with Crippen molar-refractivity contribution in [2.75, 3.05) is 6.61 Å². The van der Waals surface area contributed by atoms with Crippen molar-refractivity contribution in [2.45, 2.75) is 6.92 Å². The molecule has 19 heavy (non-hydrogen) atoms. The molecule has 0 aliphatic rings. The maximum atomic E-state index is 12.3. The van der Waals surface area contributed by atoms with E-state index in [1.807, 2.05) is 6.92 Å². The molecule has 1 aromatic carbocycles. The van der Waals surface area contributed by atoms with E-state index in [1.54, 1.807) is 6.07 Å². The minimum atomic E-state index is -0.268. The maximum Gasteiger partial charge on any atom is 0.199 e. The van der Waals surface area contributed by atoms with Gasteiger partial charge in [-0.15, -0.1) is 0 Å². The summed E-state index contributed by atoms with van der Waals surface area (Å²) in [5.41, 5.74) is 0.694. The molecule has 6 heteroatoms. The van der Waals surface area contributed by atoms with Crippen LogP contribution in [0.5, 0.6) is 5.75 Å². The van der Waals surface area contributed by atoms with Gasteiger partial charge in [-0.3, -0.25) is 4.79 Å². The highest BCUT2D eigenvalue weighted by Gasteiger charge is 2.19. The van der Waals surface area contributed by atoms with E-state index in [1.165, 1.54) is 18.4 Å². The molecule has 0 saturated heterocycles. The Morgan fingerprint density at radius 1 is 1.32 bits per heavy atom. The van der Waals surface area contributed by atoms with Crippen molar-refractivity contribution < 1.29 is 13.9 Å². The number of rotatable bonds is 4. The van der Waals surface area contributed by atoms with Crippen LogP contribution >= 0.6 is 39.1 Å². The van der Waals surface area contributed by atoms with Crippen molar-refractivity contribution in [1.29, 1.82) is 0 Å². The Labute approximate surface area is 128 Å². The molecule has 1 heterocycles. The molecule has 0 aliphatic carbocycles. The fourth-order valence-electron chi connectivity index (χ4n) is 1.57. The third-order valence-electron chi connectivity index (χ3n) is 2.43. The Hall–Kier alpha value is -0.970. The van der Waals surface area contributed by atoms with Crippen LogP contribution in [0.4, 0.5) is 0 Å². The Kier molecular flexibility index (Phi) is 4.55. The summed E-state index contributed by atoms with van der Waals surface area (Å²) in [4.78, 5) is 12.3. The van der Waals surface area contributed by atoms with Gasteiger partial charge < -0.3 is 9.15 Å². The van der Waals surface area contributed by atoms with Gasteiger partial charge in [0.2, 0.25) is 0 Å². The second-order valence-electron chi connectivity index (χ2n) is 3.63. The second-order valence-corrected chi connectivity index (χ2v) is 5.17. The summed E-state index contributed by atoms with van der Waals surface area (Å²) >= 11 is 15.3. The van der Waals surface area contributed by atoms with Crippen LogP contribution in [-0.4, -0.2) is 12.4 Å². The van der Waals surface area contributed by atoms with E-state index in [2.05, 4.69) is 15.9 Å². The van der Waals surface area contributed by atoms with E-state index in [9.17, 15) is 4.79 Å². The predicted octanol–water partition coefficient (Wildman–Crippen LogP) is 4.98. The molecule has 3 nitrogen and oxygen atoms in total. The summed E-state index contributed by atoms with van der Waals surface area (Å²) in [6.07, 6.45) is 1.42. The highest BCUT2D eigenvalue weighted by Crippen LogP contribution is 2.33. The third-order valence-corrected chi connectivity index (χ3v) is 3.65. The fourth-order valence-corrected chi connectivity index (χ4v) is 2.45. The monoisotopic (exact) mass is 362 g/mol. The minimum absolute atomic E-state index is 0.268. The number of ether oxygens (including phenoxy) is 1. The van der Waals surface area contributed by atoms with E-state index in [0.717, 1.165) is 0 Å². The lowest BCUT2D eigenvalue weighted by molar-refractivity contribution is 0.103. The summed E-state index contributed by atoms with van der Waals surface area (Å²) in [6, 6.07) is 4.60. The summed E-state index contributed by atoms with van der Waals surface area (Å²) < 4.78 is 10.7. The van der Waals surface area contributed by atoms with Crippen LogP contribution in [0.3, 0.4) is 0 Å². The molecule has 0 N–H and O–H groups in total. The zero-order valence-corrected chi connectivity index (χ0v) is 13.0. The first-order valence-corrected chi connectivity index (χ1v) is 6.99. The van der Waals surface area contributed by atoms with Crippen LogP contribution < -0.4 is 4.74 Å². The van der Waals surface area contributed by atoms with Gasteiger partial charge in [-0.1, -0.05) is 23.2 Å². The molecule has 1 aromatic heterocycles. The topological polar surface area (TPSA) is 39.4 Å². The van der Waals surface area contributed by atoms with E-state index in [4.69, 9.17) is 32.4 Å². The molecule has 0 atom stereocenters. The van der Waals surface area contributed by atoms with E-state index in [0.29, 0.717) is 33.2 Å². The zero-order valence-electron chi connectivity index (χ0n) is 9.88. The first-order valence-electron chi connectivity index (χ1n) is 5.44. The zero-order chi connectivity index (χ0) is 14.0. The van der Waals surface area contributed by atoms with Crippen LogP contribution in [0, 0.1) is 0 Å². The van der Waals surface area contributed by atoms with Crippen LogP contribution in [0.25, 0.3) is 0 Å². The lowest BCUT2D eigenvalue weighted by atomic mass is 10.1. The maximum absolute atomic E-state index is 12.3. The van der Waals surface area contributed by atoms with Crippen LogP contribution in [0.15, 0.2) is 33.5 Å². The fraction of sp³-hybridized carbons (Fsp3) is 0.154. The van der Waals surface area contributed by atoms with Gasteiger partial charge in [0.25, 0.3) is 0 Å². The van der Waals surface area contributed by atoms with Crippen LogP contribution in [0.1, 0.15) is 22.8 Å². The molecule has 2 rings (SSSR count). The predicted molar refractivity (Wildman–Crippen MR) is 77.5 cm³/mol. The number of benzene rings is 1. The molecule has 0 aliphatic heterocycles. The molecule has 100 valence electrons. The van der Waals surface area contributed by atoms with Gasteiger partial charge in [0.1, 0.15) is 5.75 Å². The Balaban J connectivity index is 2.44. The van der Waals surface area contributed by atoms with E-state index >= 15 is 0 Å². The van der Waals surface area contributed by atoms with Gasteiger partial charge in [0.15, 0.2) is 10.5 Å². The summed E-state index contributed by atoms with van der Waals surface area (Å²) in [5, 5.41) is 0.625. The molecular weight excluding hydrogens is 355 g/mol. The van der Waals surface area contributed by atoms with Gasteiger partial charge >= 0.3 is 0 Å². The molecule has 0 bridgehead atoms. The SMILES string of the molecule is CCOc1cc(Cl)c(C(=O)c2ccoc2Br)cc1Cl. The lowest BCUT2D eigenvalue weighted by Crippen LogP contribution is -2.03. The molecule has 2 aromatic rings. The summed E-state index contributed by atoms with van der Waals surface area (Å²) in [5.74, 6) is 0.188. The number of hydrogen-bond donors (Lipinski definition) is 0. The van der Waals surface area contributed by atoms with Crippen molar-refractivity contribution >= 4 is 44.9 Å². The molecule has 0 saturated carbocycles. The normalized spacial score (nSPS) is 10.5. The first-order chi connectivity index (χ1) is 9.04. The minimum Gasteiger partial charge on any atom is -0.492 e. The molecule has 0 fully saturated rings. The standard InChI is InChI=1S/C13H9BrCl2O3/c1-2-18-11-6-9(15)8(5-10(11)16)12(17)7-3-4-19-13(7)14/h3-6H,2H2,1H3. The molecule has 0 amide bonds. The number of halogens is 3. The van der Waals surface area contributed by atoms with Gasteiger partial charge in [-0.25, -0.2) is 0 Å². The number of carbonyl (C=O) groups excluding carboxylic acids is 1. The van der Waals surface area contributed by atoms with Crippen molar-refractivity contribution in [1.82, 2.24) is 0 Å². The smallest absolute Gasteiger partial charge is 0.199 e. The van der Waals surface area contributed by atoms with Gasteiger partial charge in [0.05, 0.1) is 28.5 Å². The Morgan fingerprint density at radius 3 is 2.63 bits per heavy atom. The van der Waals surface area contributed by atoms with E-state index < -0.39 is 0 Å².